The van der Waals surface area contributed by atoms with Crippen LogP contribution in [0.25, 0.3) is 0 Å². The Hall–Kier alpha value is -1.09. The summed E-state index contributed by atoms with van der Waals surface area (Å²) in [6.45, 7) is 4.26. The maximum Gasteiger partial charge on any atom is 0.218 e. The van der Waals surface area contributed by atoms with Gasteiger partial charge in [0.25, 0.3) is 0 Å². The predicted octanol–water partition coefficient (Wildman–Crippen LogP) is 3.06. The zero-order chi connectivity index (χ0) is 12.3. The summed E-state index contributed by atoms with van der Waals surface area (Å²) in [7, 11) is 0. The number of ether oxygens (including phenoxy) is 1. The number of pyridine rings is 1. The van der Waals surface area contributed by atoms with Gasteiger partial charge >= 0.3 is 0 Å². The molecule has 1 aliphatic rings. The molecule has 1 aromatic heterocycles. The lowest BCUT2D eigenvalue weighted by atomic mass is 9.89. The van der Waals surface area contributed by atoms with E-state index in [9.17, 15) is 0 Å². The number of hydrogen-bond donors (Lipinski definition) is 1. The molecule has 1 saturated carbocycles. The lowest BCUT2D eigenvalue weighted by Crippen LogP contribution is -2.25. The minimum atomic E-state index is -0.0280. The van der Waals surface area contributed by atoms with Crippen LogP contribution in [0.2, 0.25) is 0 Å². The van der Waals surface area contributed by atoms with E-state index in [0.29, 0.717) is 6.10 Å². The number of nitrogens with zero attached hydrogens (tertiary/aromatic N) is 1. The number of aromatic nitrogens is 1. The van der Waals surface area contributed by atoms with Gasteiger partial charge in [0, 0.05) is 17.8 Å². The summed E-state index contributed by atoms with van der Waals surface area (Å²) in [5.74, 6) is 1.48. The highest BCUT2D eigenvalue weighted by Gasteiger charge is 2.22. The molecule has 2 unspecified atom stereocenters. The van der Waals surface area contributed by atoms with Crippen LogP contribution in [-0.2, 0) is 0 Å². The first-order valence-corrected chi connectivity index (χ1v) is 6.54. The molecular weight excluding hydrogens is 212 g/mol. The molecule has 2 rings (SSSR count). The summed E-state index contributed by atoms with van der Waals surface area (Å²) >= 11 is 0. The van der Waals surface area contributed by atoms with E-state index in [-0.39, 0.29) is 6.04 Å². The fraction of sp³-hybridized carbons (Fsp3) is 0.643. The van der Waals surface area contributed by atoms with E-state index in [4.69, 9.17) is 10.5 Å². The van der Waals surface area contributed by atoms with E-state index >= 15 is 0 Å². The molecule has 0 radical (unpaired) electrons. The Morgan fingerprint density at radius 3 is 3.00 bits per heavy atom. The van der Waals surface area contributed by atoms with Gasteiger partial charge in [0.2, 0.25) is 5.88 Å². The van der Waals surface area contributed by atoms with Crippen molar-refractivity contribution < 1.29 is 4.74 Å². The second kappa shape index (κ2) is 5.50. The van der Waals surface area contributed by atoms with Gasteiger partial charge < -0.3 is 10.5 Å². The summed E-state index contributed by atoms with van der Waals surface area (Å²) in [6.07, 6.45) is 6.93. The SMILES string of the molecule is CC1CCCC(Oc2ncccc2[C@H](C)N)C1. The molecular formula is C14H22N2O. The standard InChI is InChI=1S/C14H22N2O/c1-10-5-3-6-12(9-10)17-14-13(11(2)15)7-4-8-16-14/h4,7-8,10-12H,3,5-6,9,15H2,1-2H3/t10?,11-,12?/m0/s1. The molecule has 0 amide bonds. The zero-order valence-corrected chi connectivity index (χ0v) is 10.7. The van der Waals surface area contributed by atoms with E-state index in [1.54, 1.807) is 6.20 Å². The molecule has 3 atom stereocenters. The molecule has 1 aliphatic carbocycles. The fourth-order valence-electron chi connectivity index (χ4n) is 2.49. The number of rotatable bonds is 3. The van der Waals surface area contributed by atoms with Crippen molar-refractivity contribution in [1.82, 2.24) is 4.98 Å². The monoisotopic (exact) mass is 234 g/mol. The Kier molecular flexibility index (Phi) is 4.00. The van der Waals surface area contributed by atoms with Crippen molar-refractivity contribution in [2.24, 2.45) is 11.7 Å². The van der Waals surface area contributed by atoms with Crippen LogP contribution in [-0.4, -0.2) is 11.1 Å². The van der Waals surface area contributed by atoms with Gasteiger partial charge in [0.15, 0.2) is 0 Å². The van der Waals surface area contributed by atoms with Crippen LogP contribution in [0.4, 0.5) is 0 Å². The summed E-state index contributed by atoms with van der Waals surface area (Å²) < 4.78 is 6.03. The Balaban J connectivity index is 2.07. The Bertz CT molecular complexity index is 365. The average molecular weight is 234 g/mol. The van der Waals surface area contributed by atoms with Gasteiger partial charge in [-0.2, -0.15) is 0 Å². The van der Waals surface area contributed by atoms with Crippen molar-refractivity contribution in [3.05, 3.63) is 23.9 Å². The van der Waals surface area contributed by atoms with Crippen LogP contribution in [0.1, 0.15) is 51.1 Å². The van der Waals surface area contributed by atoms with Crippen LogP contribution in [0.15, 0.2) is 18.3 Å². The van der Waals surface area contributed by atoms with Crippen LogP contribution in [0.3, 0.4) is 0 Å². The smallest absolute Gasteiger partial charge is 0.218 e. The summed E-state index contributed by atoms with van der Waals surface area (Å²) in [4.78, 5) is 4.32. The van der Waals surface area contributed by atoms with Crippen molar-refractivity contribution in [3.8, 4) is 5.88 Å². The van der Waals surface area contributed by atoms with Gasteiger partial charge in [-0.05, 0) is 38.2 Å². The molecule has 0 spiro atoms. The summed E-state index contributed by atoms with van der Waals surface area (Å²) in [5.41, 5.74) is 6.93. The zero-order valence-electron chi connectivity index (χ0n) is 10.7. The van der Waals surface area contributed by atoms with Gasteiger partial charge in [-0.15, -0.1) is 0 Å². The van der Waals surface area contributed by atoms with Crippen molar-refractivity contribution in [3.63, 3.8) is 0 Å². The van der Waals surface area contributed by atoms with Crippen LogP contribution < -0.4 is 10.5 Å². The van der Waals surface area contributed by atoms with E-state index in [1.165, 1.54) is 12.8 Å². The molecule has 0 aromatic carbocycles. The van der Waals surface area contributed by atoms with Crippen molar-refractivity contribution in [2.45, 2.75) is 51.7 Å². The van der Waals surface area contributed by atoms with Gasteiger partial charge in [-0.25, -0.2) is 4.98 Å². The first-order chi connectivity index (χ1) is 8.16. The highest BCUT2D eigenvalue weighted by Crippen LogP contribution is 2.29. The van der Waals surface area contributed by atoms with Gasteiger partial charge in [-0.1, -0.05) is 19.4 Å². The highest BCUT2D eigenvalue weighted by molar-refractivity contribution is 5.28. The van der Waals surface area contributed by atoms with Crippen LogP contribution >= 0.6 is 0 Å². The highest BCUT2D eigenvalue weighted by atomic mass is 16.5. The average Bonchev–Trinajstić information content (AvgIpc) is 2.29. The summed E-state index contributed by atoms with van der Waals surface area (Å²) in [6, 6.07) is 3.88. The van der Waals surface area contributed by atoms with Gasteiger partial charge in [0.05, 0.1) is 0 Å². The van der Waals surface area contributed by atoms with Gasteiger partial charge in [0.1, 0.15) is 6.10 Å². The minimum absolute atomic E-state index is 0.0280. The van der Waals surface area contributed by atoms with Crippen molar-refractivity contribution >= 4 is 0 Å². The molecule has 17 heavy (non-hydrogen) atoms. The maximum atomic E-state index is 6.03. The van der Waals surface area contributed by atoms with Crippen LogP contribution in [0, 0.1) is 5.92 Å². The Morgan fingerprint density at radius 1 is 1.47 bits per heavy atom. The maximum absolute atomic E-state index is 6.03. The first kappa shape index (κ1) is 12.4. The quantitative estimate of drug-likeness (QED) is 0.874. The Morgan fingerprint density at radius 2 is 2.29 bits per heavy atom. The number of nitrogens with two attached hydrogens (primary N) is 1. The summed E-state index contributed by atoms with van der Waals surface area (Å²) in [5, 5.41) is 0. The molecule has 3 heteroatoms. The third kappa shape index (κ3) is 3.19. The second-order valence-corrected chi connectivity index (χ2v) is 5.20. The van der Waals surface area contributed by atoms with Crippen LogP contribution in [0.5, 0.6) is 5.88 Å². The normalized spacial score (nSPS) is 26.5. The number of hydrogen-bond acceptors (Lipinski definition) is 3. The molecule has 1 heterocycles. The first-order valence-electron chi connectivity index (χ1n) is 6.54. The second-order valence-electron chi connectivity index (χ2n) is 5.20. The molecule has 3 nitrogen and oxygen atoms in total. The minimum Gasteiger partial charge on any atom is -0.474 e. The van der Waals surface area contributed by atoms with E-state index < -0.39 is 0 Å². The Labute approximate surface area is 103 Å². The van der Waals surface area contributed by atoms with E-state index in [1.807, 2.05) is 19.1 Å². The van der Waals surface area contributed by atoms with Crippen molar-refractivity contribution in [2.75, 3.05) is 0 Å². The molecule has 0 saturated heterocycles. The molecule has 0 bridgehead atoms. The topological polar surface area (TPSA) is 48.1 Å². The predicted molar refractivity (Wildman–Crippen MR) is 68.9 cm³/mol. The third-order valence-electron chi connectivity index (χ3n) is 3.46. The molecule has 2 N–H and O–H groups in total. The van der Waals surface area contributed by atoms with E-state index in [0.717, 1.165) is 30.2 Å². The molecule has 94 valence electrons. The molecule has 1 fully saturated rings. The van der Waals surface area contributed by atoms with Gasteiger partial charge in [-0.3, -0.25) is 0 Å². The molecule has 1 aromatic rings. The lowest BCUT2D eigenvalue weighted by Gasteiger charge is -2.27. The van der Waals surface area contributed by atoms with Crippen molar-refractivity contribution in [1.29, 1.82) is 0 Å². The molecule has 0 aliphatic heterocycles. The van der Waals surface area contributed by atoms with E-state index in [2.05, 4.69) is 11.9 Å². The largest absolute Gasteiger partial charge is 0.474 e. The lowest BCUT2D eigenvalue weighted by molar-refractivity contribution is 0.122. The fourth-order valence-corrected chi connectivity index (χ4v) is 2.49. The third-order valence-corrected chi connectivity index (χ3v) is 3.46.